The number of hydrogen-bond donors (Lipinski definition) is 0. The summed E-state index contributed by atoms with van der Waals surface area (Å²) in [5, 5.41) is 0. The van der Waals surface area contributed by atoms with Crippen molar-refractivity contribution in [2.24, 2.45) is 0 Å². The number of imidazole rings is 1. The van der Waals surface area contributed by atoms with Crippen molar-refractivity contribution in [1.29, 1.82) is 0 Å². The number of hydrogen-bond acceptors (Lipinski definition) is 1. The topological polar surface area (TPSA) is 17.3 Å². The molecule has 0 N–H and O–H groups in total. The summed E-state index contributed by atoms with van der Waals surface area (Å²) < 4.78 is 15.2. The van der Waals surface area contributed by atoms with Gasteiger partial charge < -0.3 is 0 Å². The molecule has 17 heavy (non-hydrogen) atoms. The highest BCUT2D eigenvalue weighted by Crippen LogP contribution is 2.21. The minimum absolute atomic E-state index is 0.244. The van der Waals surface area contributed by atoms with Crippen LogP contribution in [-0.4, -0.2) is 9.38 Å². The third-order valence-electron chi connectivity index (χ3n) is 2.87. The van der Waals surface area contributed by atoms with E-state index in [-0.39, 0.29) is 5.82 Å². The fraction of sp³-hybridized carbons (Fsp3) is 0.0714. The number of nitrogens with zero attached hydrogens (tertiary/aromatic N) is 2. The average molecular weight is 226 g/mol. The van der Waals surface area contributed by atoms with E-state index in [4.69, 9.17) is 0 Å². The van der Waals surface area contributed by atoms with Gasteiger partial charge in [-0.25, -0.2) is 9.37 Å². The van der Waals surface area contributed by atoms with Gasteiger partial charge in [0.2, 0.25) is 0 Å². The number of benzene rings is 1. The van der Waals surface area contributed by atoms with Crippen LogP contribution in [0.4, 0.5) is 4.39 Å². The lowest BCUT2D eigenvalue weighted by Crippen LogP contribution is -1.90. The summed E-state index contributed by atoms with van der Waals surface area (Å²) in [6.07, 6.45) is 3.76. The maximum Gasteiger partial charge on any atom is 0.144 e. The molecule has 0 spiro atoms. The Morgan fingerprint density at radius 3 is 2.88 bits per heavy atom. The van der Waals surface area contributed by atoms with Crippen molar-refractivity contribution < 1.29 is 4.39 Å². The summed E-state index contributed by atoms with van der Waals surface area (Å²) >= 11 is 0. The normalized spacial score (nSPS) is 10.9. The van der Waals surface area contributed by atoms with Crippen LogP contribution in [0.5, 0.6) is 0 Å². The van der Waals surface area contributed by atoms with Gasteiger partial charge in [-0.15, -0.1) is 0 Å². The third kappa shape index (κ3) is 1.60. The van der Waals surface area contributed by atoms with Gasteiger partial charge in [-0.1, -0.05) is 18.2 Å². The number of aryl methyl sites for hydroxylation is 1. The lowest BCUT2D eigenvalue weighted by molar-refractivity contribution is 0.628. The summed E-state index contributed by atoms with van der Waals surface area (Å²) in [6.45, 7) is 2.03. The molecule has 0 aliphatic heterocycles. The van der Waals surface area contributed by atoms with Crippen molar-refractivity contribution in [2.45, 2.75) is 6.92 Å². The van der Waals surface area contributed by atoms with E-state index >= 15 is 0 Å². The van der Waals surface area contributed by atoms with E-state index in [1.807, 2.05) is 41.9 Å². The number of rotatable bonds is 1. The first kappa shape index (κ1) is 10.0. The highest BCUT2D eigenvalue weighted by Gasteiger charge is 2.07. The van der Waals surface area contributed by atoms with E-state index in [1.165, 1.54) is 12.1 Å². The molecule has 0 fully saturated rings. The summed E-state index contributed by atoms with van der Waals surface area (Å²) in [4.78, 5) is 4.36. The predicted octanol–water partition coefficient (Wildman–Crippen LogP) is 3.45. The summed E-state index contributed by atoms with van der Waals surface area (Å²) in [6, 6.07) is 10.5. The van der Waals surface area contributed by atoms with Crippen LogP contribution in [-0.2, 0) is 0 Å². The Bertz CT molecular complexity index is 686. The Morgan fingerprint density at radius 1 is 1.18 bits per heavy atom. The lowest BCUT2D eigenvalue weighted by Gasteiger charge is -2.02. The fourth-order valence-electron chi connectivity index (χ4n) is 2.00. The third-order valence-corrected chi connectivity index (χ3v) is 2.87. The summed E-state index contributed by atoms with van der Waals surface area (Å²) in [5.41, 5.74) is 2.99. The van der Waals surface area contributed by atoms with Gasteiger partial charge in [0.15, 0.2) is 0 Å². The summed E-state index contributed by atoms with van der Waals surface area (Å²) in [7, 11) is 0. The number of aromatic nitrogens is 2. The molecule has 0 amide bonds. The Balaban J connectivity index is 2.28. The molecule has 0 saturated carbocycles. The van der Waals surface area contributed by atoms with Gasteiger partial charge >= 0.3 is 0 Å². The van der Waals surface area contributed by atoms with Crippen LogP contribution in [0.3, 0.4) is 0 Å². The number of fused-ring (bicyclic) bond motifs is 1. The first-order valence-electron chi connectivity index (χ1n) is 5.44. The van der Waals surface area contributed by atoms with Gasteiger partial charge in [0.25, 0.3) is 0 Å². The second-order valence-electron chi connectivity index (χ2n) is 4.04. The molecule has 2 heterocycles. The molecule has 0 aliphatic carbocycles. The maximum absolute atomic E-state index is 13.2. The largest absolute Gasteiger partial charge is 0.300 e. The molecule has 0 saturated heterocycles. The van der Waals surface area contributed by atoms with Crippen molar-refractivity contribution in [3.05, 3.63) is 60.2 Å². The van der Waals surface area contributed by atoms with E-state index in [9.17, 15) is 4.39 Å². The quantitative estimate of drug-likeness (QED) is 0.621. The van der Waals surface area contributed by atoms with E-state index < -0.39 is 0 Å². The van der Waals surface area contributed by atoms with Crippen LogP contribution in [0.2, 0.25) is 0 Å². The zero-order valence-corrected chi connectivity index (χ0v) is 9.39. The molecular formula is C14H11FN2. The van der Waals surface area contributed by atoms with Crippen LogP contribution in [0.15, 0.2) is 48.8 Å². The average Bonchev–Trinajstić information content (AvgIpc) is 2.74. The first-order chi connectivity index (χ1) is 8.25. The highest BCUT2D eigenvalue weighted by atomic mass is 19.1. The van der Waals surface area contributed by atoms with E-state index in [2.05, 4.69) is 4.98 Å². The van der Waals surface area contributed by atoms with Gasteiger partial charge in [0.05, 0.1) is 11.7 Å². The molecule has 0 radical (unpaired) electrons. The number of pyridine rings is 1. The Labute approximate surface area is 98.4 Å². The monoisotopic (exact) mass is 226 g/mol. The zero-order valence-electron chi connectivity index (χ0n) is 9.39. The molecule has 0 unspecified atom stereocenters. The smallest absolute Gasteiger partial charge is 0.144 e. The molecule has 3 rings (SSSR count). The molecule has 0 bridgehead atoms. The van der Waals surface area contributed by atoms with E-state index in [0.29, 0.717) is 0 Å². The molecule has 2 nitrogen and oxygen atoms in total. The van der Waals surface area contributed by atoms with Crippen LogP contribution in [0.1, 0.15) is 5.56 Å². The molecule has 3 heteroatoms. The van der Waals surface area contributed by atoms with Crippen molar-refractivity contribution in [2.75, 3.05) is 0 Å². The van der Waals surface area contributed by atoms with Crippen molar-refractivity contribution in [3.8, 4) is 11.4 Å². The number of halogens is 1. The molecule has 0 aliphatic rings. The Kier molecular flexibility index (Phi) is 2.18. The van der Waals surface area contributed by atoms with Gasteiger partial charge in [-0.2, -0.15) is 0 Å². The van der Waals surface area contributed by atoms with Gasteiger partial charge in [-0.3, -0.25) is 4.40 Å². The van der Waals surface area contributed by atoms with Gasteiger partial charge in [-0.05, 0) is 30.7 Å². The minimum atomic E-state index is -0.244. The maximum atomic E-state index is 13.2. The Hall–Kier alpha value is -2.16. The van der Waals surface area contributed by atoms with Crippen LogP contribution in [0.25, 0.3) is 16.9 Å². The first-order valence-corrected chi connectivity index (χ1v) is 5.44. The van der Waals surface area contributed by atoms with Crippen molar-refractivity contribution >= 4 is 5.52 Å². The summed E-state index contributed by atoms with van der Waals surface area (Å²) in [5.74, 6) is 0.523. The zero-order chi connectivity index (χ0) is 11.8. The van der Waals surface area contributed by atoms with Crippen LogP contribution in [0, 0.1) is 12.7 Å². The SMILES string of the molecule is Cc1cccn2c(-c3cccc(F)c3)ncc12. The predicted molar refractivity (Wildman–Crippen MR) is 65.3 cm³/mol. The molecule has 3 aromatic rings. The highest BCUT2D eigenvalue weighted by molar-refractivity contribution is 5.64. The van der Waals surface area contributed by atoms with Gasteiger partial charge in [0, 0.05) is 11.8 Å². The van der Waals surface area contributed by atoms with E-state index in [1.54, 1.807) is 6.07 Å². The van der Waals surface area contributed by atoms with Crippen LogP contribution >= 0.6 is 0 Å². The van der Waals surface area contributed by atoms with Gasteiger partial charge in [0.1, 0.15) is 11.6 Å². The van der Waals surface area contributed by atoms with E-state index in [0.717, 1.165) is 22.5 Å². The standard InChI is InChI=1S/C14H11FN2/c1-10-4-3-7-17-13(10)9-16-14(17)11-5-2-6-12(15)8-11/h2-9H,1H3. The Morgan fingerprint density at radius 2 is 2.06 bits per heavy atom. The fourth-order valence-corrected chi connectivity index (χ4v) is 2.00. The molecule has 0 atom stereocenters. The van der Waals surface area contributed by atoms with Crippen molar-refractivity contribution in [3.63, 3.8) is 0 Å². The second-order valence-corrected chi connectivity index (χ2v) is 4.04. The molecule has 2 aromatic heterocycles. The second kappa shape index (κ2) is 3.70. The molecule has 84 valence electrons. The van der Waals surface area contributed by atoms with Crippen LogP contribution < -0.4 is 0 Å². The minimum Gasteiger partial charge on any atom is -0.300 e. The molecular weight excluding hydrogens is 215 g/mol. The van der Waals surface area contributed by atoms with Crippen molar-refractivity contribution in [1.82, 2.24) is 9.38 Å². The lowest BCUT2D eigenvalue weighted by atomic mass is 10.2. The molecule has 1 aromatic carbocycles.